The maximum atomic E-state index is 10.7. The topological polar surface area (TPSA) is 81.4 Å². The zero-order valence-electron chi connectivity index (χ0n) is 8.54. The fraction of sp³-hybridized carbons (Fsp3) is 0.778. The molecule has 0 aliphatic heterocycles. The molecule has 5 heteroatoms. The van der Waals surface area contributed by atoms with Crippen molar-refractivity contribution in [2.24, 2.45) is 5.73 Å². The fourth-order valence-electron chi connectivity index (χ4n) is 1.05. The first-order valence-corrected chi connectivity index (χ1v) is 4.92. The molecule has 0 aromatic heterocycles. The zero-order valence-corrected chi connectivity index (χ0v) is 8.54. The highest BCUT2D eigenvalue weighted by atomic mass is 16.6. The lowest BCUT2D eigenvalue weighted by Gasteiger charge is -2.03. The van der Waals surface area contributed by atoms with E-state index in [0.717, 1.165) is 12.8 Å². The molecule has 3 N–H and O–H groups in total. The molecule has 0 aliphatic rings. The van der Waals surface area contributed by atoms with E-state index in [-0.39, 0.29) is 0 Å². The molecule has 0 aromatic carbocycles. The summed E-state index contributed by atoms with van der Waals surface area (Å²) in [6.07, 6.45) is 3.70. The predicted molar refractivity (Wildman–Crippen MR) is 52.8 cm³/mol. The molecule has 0 saturated heterocycles. The first-order chi connectivity index (χ1) is 6.66. The van der Waals surface area contributed by atoms with Crippen LogP contribution in [-0.2, 0) is 4.74 Å². The van der Waals surface area contributed by atoms with E-state index in [2.05, 4.69) is 22.7 Å². The maximum Gasteiger partial charge on any atom is 0.416 e. The van der Waals surface area contributed by atoms with Crippen LogP contribution >= 0.6 is 0 Å². The molecule has 0 radical (unpaired) electrons. The van der Waals surface area contributed by atoms with E-state index >= 15 is 0 Å². The smallest absolute Gasteiger partial charge is 0.360 e. The first kappa shape index (κ1) is 12.7. The molecule has 0 saturated carbocycles. The van der Waals surface area contributed by atoms with E-state index in [9.17, 15) is 9.59 Å². The minimum absolute atomic E-state index is 0.524. The lowest BCUT2D eigenvalue weighted by molar-refractivity contribution is 0.157. The van der Waals surface area contributed by atoms with E-state index in [4.69, 9.17) is 0 Å². The van der Waals surface area contributed by atoms with Crippen LogP contribution in [0.5, 0.6) is 0 Å². The van der Waals surface area contributed by atoms with Gasteiger partial charge in [-0.1, -0.05) is 32.6 Å². The Balaban J connectivity index is 3.19. The Labute approximate surface area is 84.0 Å². The van der Waals surface area contributed by atoms with Gasteiger partial charge in [-0.25, -0.2) is 9.59 Å². The molecule has 0 atom stereocenters. The molecule has 0 fully saturated rings. The Morgan fingerprint density at radius 2 is 1.86 bits per heavy atom. The van der Waals surface area contributed by atoms with Gasteiger partial charge in [-0.3, -0.25) is 0 Å². The highest BCUT2D eigenvalue weighted by molar-refractivity contribution is 5.82. The van der Waals surface area contributed by atoms with Gasteiger partial charge in [0, 0.05) is 6.54 Å². The van der Waals surface area contributed by atoms with E-state index < -0.39 is 12.2 Å². The number of primary amides is 1. The summed E-state index contributed by atoms with van der Waals surface area (Å²) in [5, 5.41) is 2.43. The number of hydrogen-bond acceptors (Lipinski definition) is 3. The minimum Gasteiger partial charge on any atom is -0.360 e. The monoisotopic (exact) mass is 202 g/mol. The highest BCUT2D eigenvalue weighted by Gasteiger charge is 2.03. The van der Waals surface area contributed by atoms with Crippen molar-refractivity contribution in [3.63, 3.8) is 0 Å². The van der Waals surface area contributed by atoms with Crippen molar-refractivity contribution in [2.45, 2.75) is 39.0 Å². The van der Waals surface area contributed by atoms with Crippen molar-refractivity contribution in [2.75, 3.05) is 6.54 Å². The van der Waals surface area contributed by atoms with Gasteiger partial charge in [0.1, 0.15) is 0 Å². The average Bonchev–Trinajstić information content (AvgIpc) is 2.10. The Kier molecular flexibility index (Phi) is 7.59. The molecule has 5 nitrogen and oxygen atoms in total. The van der Waals surface area contributed by atoms with Gasteiger partial charge >= 0.3 is 12.2 Å². The van der Waals surface area contributed by atoms with Crippen molar-refractivity contribution in [3.8, 4) is 0 Å². The molecule has 0 spiro atoms. The lowest BCUT2D eigenvalue weighted by atomic mass is 10.1. The van der Waals surface area contributed by atoms with Crippen LogP contribution < -0.4 is 11.1 Å². The van der Waals surface area contributed by atoms with Crippen LogP contribution in [0.4, 0.5) is 9.59 Å². The summed E-state index contributed by atoms with van der Waals surface area (Å²) in [5.74, 6) is 0. The first-order valence-electron chi connectivity index (χ1n) is 4.92. The maximum absolute atomic E-state index is 10.7. The molecule has 0 heterocycles. The van der Waals surface area contributed by atoms with Crippen LogP contribution in [-0.4, -0.2) is 18.7 Å². The van der Waals surface area contributed by atoms with Gasteiger partial charge < -0.3 is 15.8 Å². The molecular formula is C9H18N2O3. The third-order valence-corrected chi connectivity index (χ3v) is 1.74. The third kappa shape index (κ3) is 8.83. The molecule has 0 unspecified atom stereocenters. The number of rotatable bonds is 6. The van der Waals surface area contributed by atoms with Crippen molar-refractivity contribution in [1.29, 1.82) is 0 Å². The van der Waals surface area contributed by atoms with Gasteiger partial charge in [0.05, 0.1) is 0 Å². The predicted octanol–water partition coefficient (Wildman–Crippen LogP) is 1.76. The number of carbonyl (C=O) groups is 2. The van der Waals surface area contributed by atoms with Gasteiger partial charge in [0.15, 0.2) is 0 Å². The van der Waals surface area contributed by atoms with Crippen LogP contribution in [0.25, 0.3) is 0 Å². The lowest BCUT2D eigenvalue weighted by Crippen LogP contribution is -2.29. The fourth-order valence-corrected chi connectivity index (χ4v) is 1.05. The second-order valence-corrected chi connectivity index (χ2v) is 3.05. The van der Waals surface area contributed by atoms with Gasteiger partial charge in [-0.15, -0.1) is 0 Å². The number of amides is 2. The number of ether oxygens (including phenoxy) is 1. The number of alkyl carbamates (subject to hydrolysis) is 1. The van der Waals surface area contributed by atoms with E-state index in [0.29, 0.717) is 6.54 Å². The third-order valence-electron chi connectivity index (χ3n) is 1.74. The van der Waals surface area contributed by atoms with Crippen molar-refractivity contribution in [3.05, 3.63) is 0 Å². The number of nitrogens with one attached hydrogen (secondary N) is 1. The second kappa shape index (κ2) is 8.34. The largest absolute Gasteiger partial charge is 0.416 e. The van der Waals surface area contributed by atoms with Crippen LogP contribution in [0, 0.1) is 0 Å². The van der Waals surface area contributed by atoms with Gasteiger partial charge in [-0.2, -0.15) is 0 Å². The van der Waals surface area contributed by atoms with Gasteiger partial charge in [0.25, 0.3) is 0 Å². The second-order valence-electron chi connectivity index (χ2n) is 3.05. The van der Waals surface area contributed by atoms with Crippen molar-refractivity contribution in [1.82, 2.24) is 5.32 Å². The summed E-state index contributed by atoms with van der Waals surface area (Å²) in [6, 6.07) is 0. The van der Waals surface area contributed by atoms with E-state index in [1.165, 1.54) is 19.3 Å². The molecule has 14 heavy (non-hydrogen) atoms. The number of hydrogen-bond donors (Lipinski definition) is 2. The summed E-state index contributed by atoms with van der Waals surface area (Å²) >= 11 is 0. The summed E-state index contributed by atoms with van der Waals surface area (Å²) in [4.78, 5) is 20.8. The Morgan fingerprint density at radius 3 is 2.43 bits per heavy atom. The highest BCUT2D eigenvalue weighted by Crippen LogP contribution is 2.00. The molecule has 0 aliphatic carbocycles. The summed E-state index contributed by atoms with van der Waals surface area (Å²) in [5.41, 5.74) is 4.64. The quantitative estimate of drug-likeness (QED) is 0.508. The molecule has 0 aromatic rings. The number of unbranched alkanes of at least 4 members (excludes halogenated alkanes) is 4. The standard InChI is InChI=1S/C9H18N2O3/c1-2-3-4-5-6-7-11-9(13)14-8(10)12/h2-7H2,1H3,(H2,10,12)(H,11,13). The van der Waals surface area contributed by atoms with Crippen LogP contribution in [0.1, 0.15) is 39.0 Å². The molecular weight excluding hydrogens is 184 g/mol. The summed E-state index contributed by atoms with van der Waals surface area (Å²) in [6.45, 7) is 2.66. The summed E-state index contributed by atoms with van der Waals surface area (Å²) in [7, 11) is 0. The Hall–Kier alpha value is -1.26. The van der Waals surface area contributed by atoms with Gasteiger partial charge in [-0.05, 0) is 6.42 Å². The van der Waals surface area contributed by atoms with Gasteiger partial charge in [0.2, 0.25) is 0 Å². The number of carbonyl (C=O) groups excluding carboxylic acids is 2. The van der Waals surface area contributed by atoms with Crippen LogP contribution in [0.15, 0.2) is 0 Å². The Morgan fingerprint density at radius 1 is 1.21 bits per heavy atom. The number of nitrogens with two attached hydrogens (primary N) is 1. The van der Waals surface area contributed by atoms with E-state index in [1.54, 1.807) is 0 Å². The van der Waals surface area contributed by atoms with Crippen molar-refractivity contribution >= 4 is 12.2 Å². The van der Waals surface area contributed by atoms with Crippen LogP contribution in [0.3, 0.4) is 0 Å². The molecule has 0 rings (SSSR count). The zero-order chi connectivity index (χ0) is 10.8. The SMILES string of the molecule is CCCCCCCNC(=O)OC(N)=O. The van der Waals surface area contributed by atoms with E-state index in [1.807, 2.05) is 0 Å². The average molecular weight is 202 g/mol. The Bertz CT molecular complexity index is 183. The molecule has 0 bridgehead atoms. The molecule has 82 valence electrons. The van der Waals surface area contributed by atoms with Crippen molar-refractivity contribution < 1.29 is 14.3 Å². The molecule has 2 amide bonds. The normalized spacial score (nSPS) is 9.50. The van der Waals surface area contributed by atoms with Crippen LogP contribution in [0.2, 0.25) is 0 Å². The summed E-state index contributed by atoms with van der Waals surface area (Å²) < 4.78 is 4.07. The minimum atomic E-state index is -1.08.